The Balaban J connectivity index is 1.80. The van der Waals surface area contributed by atoms with E-state index in [1.54, 1.807) is 12.1 Å². The second-order valence-corrected chi connectivity index (χ2v) is 5.04. The number of rotatable bonds is 3. The third-order valence-corrected chi connectivity index (χ3v) is 3.57. The lowest BCUT2D eigenvalue weighted by Crippen LogP contribution is -2.04. The summed E-state index contributed by atoms with van der Waals surface area (Å²) >= 11 is 5.87. The maximum Gasteiger partial charge on any atom is 0.146 e. The molecule has 0 fully saturated rings. The number of para-hydroxylation sites is 1. The van der Waals surface area contributed by atoms with Crippen LogP contribution in [-0.2, 0) is 13.0 Å². The van der Waals surface area contributed by atoms with Gasteiger partial charge in [0.15, 0.2) is 0 Å². The maximum absolute atomic E-state index is 13.6. The maximum atomic E-state index is 13.6. The molecule has 98 valence electrons. The van der Waals surface area contributed by atoms with Crippen molar-refractivity contribution >= 4 is 23.0 Å². The van der Waals surface area contributed by atoms with Gasteiger partial charge in [0.1, 0.15) is 5.82 Å². The SMILES string of the molecule is Fc1ccc(Cl)cc1NCc1cccc2c1NCC2. The van der Waals surface area contributed by atoms with Crippen molar-refractivity contribution in [2.24, 2.45) is 0 Å². The highest BCUT2D eigenvalue weighted by atomic mass is 35.5. The summed E-state index contributed by atoms with van der Waals surface area (Å²) in [6, 6.07) is 10.7. The zero-order valence-corrected chi connectivity index (χ0v) is 11.1. The first-order valence-electron chi connectivity index (χ1n) is 6.27. The van der Waals surface area contributed by atoms with Crippen LogP contribution in [0.3, 0.4) is 0 Å². The van der Waals surface area contributed by atoms with Crippen LogP contribution < -0.4 is 10.6 Å². The number of hydrogen-bond acceptors (Lipinski definition) is 2. The zero-order chi connectivity index (χ0) is 13.2. The number of benzene rings is 2. The van der Waals surface area contributed by atoms with Crippen molar-refractivity contribution in [3.05, 3.63) is 58.4 Å². The highest BCUT2D eigenvalue weighted by Crippen LogP contribution is 2.27. The summed E-state index contributed by atoms with van der Waals surface area (Å²) < 4.78 is 13.6. The molecule has 0 saturated heterocycles. The largest absolute Gasteiger partial charge is 0.384 e. The molecule has 0 atom stereocenters. The first-order chi connectivity index (χ1) is 9.24. The lowest BCUT2D eigenvalue weighted by Gasteiger charge is -2.12. The summed E-state index contributed by atoms with van der Waals surface area (Å²) in [4.78, 5) is 0. The molecule has 2 nitrogen and oxygen atoms in total. The number of hydrogen-bond donors (Lipinski definition) is 2. The van der Waals surface area contributed by atoms with Crippen LogP contribution in [0.15, 0.2) is 36.4 Å². The number of halogens is 2. The highest BCUT2D eigenvalue weighted by molar-refractivity contribution is 6.30. The van der Waals surface area contributed by atoms with Crippen LogP contribution in [0.1, 0.15) is 11.1 Å². The Bertz CT molecular complexity index is 613. The minimum atomic E-state index is -0.287. The van der Waals surface area contributed by atoms with Gasteiger partial charge in [0.05, 0.1) is 5.69 Å². The molecule has 1 aliphatic heterocycles. The molecule has 1 aliphatic rings. The van der Waals surface area contributed by atoms with Crippen molar-refractivity contribution < 1.29 is 4.39 Å². The molecule has 3 rings (SSSR count). The van der Waals surface area contributed by atoms with Crippen LogP contribution in [0.5, 0.6) is 0 Å². The second-order valence-electron chi connectivity index (χ2n) is 4.61. The molecule has 0 saturated carbocycles. The second kappa shape index (κ2) is 5.10. The Morgan fingerprint density at radius 3 is 3.05 bits per heavy atom. The van der Waals surface area contributed by atoms with Gasteiger partial charge in [0.2, 0.25) is 0 Å². The average molecular weight is 277 g/mol. The fourth-order valence-corrected chi connectivity index (χ4v) is 2.55. The van der Waals surface area contributed by atoms with Gasteiger partial charge in [-0.3, -0.25) is 0 Å². The minimum Gasteiger partial charge on any atom is -0.384 e. The molecule has 0 unspecified atom stereocenters. The summed E-state index contributed by atoms with van der Waals surface area (Å²) in [6.07, 6.45) is 1.05. The van der Waals surface area contributed by atoms with E-state index in [-0.39, 0.29) is 5.82 Å². The first-order valence-corrected chi connectivity index (χ1v) is 6.65. The van der Waals surface area contributed by atoms with Gasteiger partial charge in [-0.05, 0) is 35.7 Å². The van der Waals surface area contributed by atoms with Crippen LogP contribution in [0.2, 0.25) is 5.02 Å². The van der Waals surface area contributed by atoms with Gasteiger partial charge in [-0.2, -0.15) is 0 Å². The third kappa shape index (κ3) is 2.51. The molecule has 0 radical (unpaired) electrons. The summed E-state index contributed by atoms with van der Waals surface area (Å²) in [6.45, 7) is 1.55. The molecule has 2 aromatic rings. The summed E-state index contributed by atoms with van der Waals surface area (Å²) in [7, 11) is 0. The quantitative estimate of drug-likeness (QED) is 0.883. The predicted molar refractivity (Wildman–Crippen MR) is 77.4 cm³/mol. The van der Waals surface area contributed by atoms with E-state index in [9.17, 15) is 4.39 Å². The van der Waals surface area contributed by atoms with Gasteiger partial charge in [-0.25, -0.2) is 4.39 Å². The summed E-state index contributed by atoms with van der Waals surface area (Å²) in [5.74, 6) is -0.287. The molecule has 0 aliphatic carbocycles. The van der Waals surface area contributed by atoms with Gasteiger partial charge in [-0.15, -0.1) is 0 Å². The Labute approximate surface area is 116 Å². The van der Waals surface area contributed by atoms with Gasteiger partial charge < -0.3 is 10.6 Å². The zero-order valence-electron chi connectivity index (χ0n) is 10.3. The predicted octanol–water partition coefficient (Wildman–Crippen LogP) is 4.06. The van der Waals surface area contributed by atoms with Crippen molar-refractivity contribution in [3.8, 4) is 0 Å². The molecular weight excluding hydrogens is 263 g/mol. The monoisotopic (exact) mass is 276 g/mol. The van der Waals surface area contributed by atoms with Crippen LogP contribution in [0.4, 0.5) is 15.8 Å². The summed E-state index contributed by atoms with van der Waals surface area (Å²) in [5.41, 5.74) is 4.08. The van der Waals surface area contributed by atoms with Crippen molar-refractivity contribution in [2.75, 3.05) is 17.2 Å². The molecule has 0 aromatic heterocycles. The molecular formula is C15H14ClFN2. The van der Waals surface area contributed by atoms with Crippen molar-refractivity contribution in [1.82, 2.24) is 0 Å². The van der Waals surface area contributed by atoms with E-state index in [0.717, 1.165) is 18.5 Å². The molecule has 0 amide bonds. The minimum absolute atomic E-state index is 0.287. The number of nitrogens with one attached hydrogen (secondary N) is 2. The van der Waals surface area contributed by atoms with E-state index >= 15 is 0 Å². The molecule has 4 heteroatoms. The highest BCUT2D eigenvalue weighted by Gasteiger charge is 2.13. The third-order valence-electron chi connectivity index (χ3n) is 3.33. The normalized spacial score (nSPS) is 12.9. The fourth-order valence-electron chi connectivity index (χ4n) is 2.38. The molecule has 0 spiro atoms. The van der Waals surface area contributed by atoms with Gasteiger partial charge in [0, 0.05) is 23.8 Å². The Hall–Kier alpha value is -1.74. The molecule has 0 bridgehead atoms. The number of fused-ring (bicyclic) bond motifs is 1. The molecule has 19 heavy (non-hydrogen) atoms. The average Bonchev–Trinajstić information content (AvgIpc) is 2.88. The molecule has 1 heterocycles. The van der Waals surface area contributed by atoms with Crippen molar-refractivity contribution in [1.29, 1.82) is 0 Å². The fraction of sp³-hybridized carbons (Fsp3) is 0.200. The van der Waals surface area contributed by atoms with Gasteiger partial charge >= 0.3 is 0 Å². The Kier molecular flexibility index (Phi) is 3.30. The van der Waals surface area contributed by atoms with E-state index in [4.69, 9.17) is 11.6 Å². The van der Waals surface area contributed by atoms with E-state index in [1.165, 1.54) is 17.3 Å². The Morgan fingerprint density at radius 1 is 1.26 bits per heavy atom. The van der Waals surface area contributed by atoms with Gasteiger partial charge in [0.25, 0.3) is 0 Å². The topological polar surface area (TPSA) is 24.1 Å². The van der Waals surface area contributed by atoms with E-state index in [0.29, 0.717) is 17.3 Å². The van der Waals surface area contributed by atoms with Crippen LogP contribution in [-0.4, -0.2) is 6.54 Å². The molecule has 2 aromatic carbocycles. The standard InChI is InChI=1S/C15H14ClFN2/c16-12-4-5-13(17)14(8-12)19-9-11-3-1-2-10-6-7-18-15(10)11/h1-5,8,18-19H,6-7,9H2. The number of anilines is 2. The smallest absolute Gasteiger partial charge is 0.146 e. The lowest BCUT2D eigenvalue weighted by molar-refractivity contribution is 0.630. The lowest BCUT2D eigenvalue weighted by atomic mass is 10.1. The first kappa shape index (κ1) is 12.3. The van der Waals surface area contributed by atoms with E-state index in [2.05, 4.69) is 16.7 Å². The van der Waals surface area contributed by atoms with E-state index < -0.39 is 0 Å². The van der Waals surface area contributed by atoms with Crippen molar-refractivity contribution in [2.45, 2.75) is 13.0 Å². The molecule has 2 N–H and O–H groups in total. The van der Waals surface area contributed by atoms with E-state index in [1.807, 2.05) is 12.1 Å². The summed E-state index contributed by atoms with van der Waals surface area (Å²) in [5, 5.41) is 7.00. The van der Waals surface area contributed by atoms with Gasteiger partial charge in [-0.1, -0.05) is 29.8 Å². The van der Waals surface area contributed by atoms with Crippen LogP contribution in [0, 0.1) is 5.82 Å². The van der Waals surface area contributed by atoms with Crippen LogP contribution in [0.25, 0.3) is 0 Å². The Morgan fingerprint density at radius 2 is 2.16 bits per heavy atom. The van der Waals surface area contributed by atoms with Crippen molar-refractivity contribution in [3.63, 3.8) is 0 Å². The van der Waals surface area contributed by atoms with Crippen LogP contribution >= 0.6 is 11.6 Å².